The van der Waals surface area contributed by atoms with Gasteiger partial charge in [-0.1, -0.05) is 0 Å². The number of nitrogens with one attached hydrogen (secondary N) is 1. The van der Waals surface area contributed by atoms with Crippen LogP contribution < -0.4 is 11.1 Å². The summed E-state index contributed by atoms with van der Waals surface area (Å²) >= 11 is 0. The third kappa shape index (κ3) is 4.53. The number of benzene rings is 1. The van der Waals surface area contributed by atoms with Gasteiger partial charge >= 0.3 is 0 Å². The lowest BCUT2D eigenvalue weighted by atomic mass is 10.2. The molecule has 0 spiro atoms. The molecule has 6 nitrogen and oxygen atoms in total. The predicted octanol–water partition coefficient (Wildman–Crippen LogP) is 0.114. The largest absolute Gasteiger partial charge is 0.399 e. The summed E-state index contributed by atoms with van der Waals surface area (Å²) in [4.78, 5) is 11.6. The third-order valence-electron chi connectivity index (χ3n) is 2.55. The van der Waals surface area contributed by atoms with E-state index in [-0.39, 0.29) is 11.4 Å². The summed E-state index contributed by atoms with van der Waals surface area (Å²) in [5.74, 6) is -1.13. The Hall–Kier alpha value is -1.60. The van der Waals surface area contributed by atoms with Crippen molar-refractivity contribution in [2.24, 2.45) is 0 Å². The van der Waals surface area contributed by atoms with Crippen molar-refractivity contribution in [1.29, 1.82) is 0 Å². The molecule has 19 heavy (non-hydrogen) atoms. The van der Waals surface area contributed by atoms with Gasteiger partial charge in [0.1, 0.15) is 5.75 Å². The smallest absolute Gasteiger partial charge is 0.235 e. The molecule has 1 aromatic rings. The average molecular weight is 286 g/mol. The number of carbonyl (C=O) groups is 1. The number of carbonyl (C=O) groups excluding carboxylic acids is 1. The first kappa shape index (κ1) is 15.5. The van der Waals surface area contributed by atoms with Crippen molar-refractivity contribution in [2.45, 2.75) is 11.8 Å². The van der Waals surface area contributed by atoms with Gasteiger partial charge in [0.2, 0.25) is 5.91 Å². The SMILES string of the molecule is COCCNC(=O)CS(=O)(=O)c1ccc(N)c(C)c1. The van der Waals surface area contributed by atoms with Crippen molar-refractivity contribution >= 4 is 21.4 Å². The Balaban J connectivity index is 2.75. The second-order valence-corrected chi connectivity index (χ2v) is 6.11. The van der Waals surface area contributed by atoms with Crippen molar-refractivity contribution in [3.63, 3.8) is 0 Å². The van der Waals surface area contributed by atoms with E-state index in [1.54, 1.807) is 6.92 Å². The summed E-state index contributed by atoms with van der Waals surface area (Å²) < 4.78 is 28.8. The Morgan fingerprint density at radius 3 is 2.68 bits per heavy atom. The average Bonchev–Trinajstić information content (AvgIpc) is 2.32. The molecule has 0 bridgehead atoms. The van der Waals surface area contributed by atoms with Crippen molar-refractivity contribution < 1.29 is 17.9 Å². The number of methoxy groups -OCH3 is 1. The second kappa shape index (κ2) is 6.53. The first-order valence-corrected chi connectivity index (χ1v) is 7.36. The molecule has 0 aromatic heterocycles. The van der Waals surface area contributed by atoms with E-state index in [4.69, 9.17) is 10.5 Å². The van der Waals surface area contributed by atoms with Gasteiger partial charge in [-0.2, -0.15) is 0 Å². The molecular formula is C12H18N2O4S. The van der Waals surface area contributed by atoms with Crippen LogP contribution in [0.15, 0.2) is 23.1 Å². The van der Waals surface area contributed by atoms with Crippen molar-refractivity contribution in [3.05, 3.63) is 23.8 Å². The van der Waals surface area contributed by atoms with Crippen LogP contribution in [0.25, 0.3) is 0 Å². The minimum Gasteiger partial charge on any atom is -0.399 e. The molecule has 0 saturated carbocycles. The van der Waals surface area contributed by atoms with Crippen molar-refractivity contribution in [1.82, 2.24) is 5.32 Å². The zero-order chi connectivity index (χ0) is 14.5. The molecule has 0 fully saturated rings. The van der Waals surface area contributed by atoms with Gasteiger partial charge in [-0.15, -0.1) is 0 Å². The first-order valence-electron chi connectivity index (χ1n) is 5.71. The predicted molar refractivity (Wildman–Crippen MR) is 72.5 cm³/mol. The van der Waals surface area contributed by atoms with Gasteiger partial charge in [0, 0.05) is 19.3 Å². The lowest BCUT2D eigenvalue weighted by Crippen LogP contribution is -2.32. The lowest BCUT2D eigenvalue weighted by molar-refractivity contribution is -0.118. The van der Waals surface area contributed by atoms with Crippen LogP contribution >= 0.6 is 0 Å². The minimum atomic E-state index is -3.64. The second-order valence-electron chi connectivity index (χ2n) is 4.12. The molecule has 1 amide bonds. The van der Waals surface area contributed by atoms with Gasteiger partial charge in [-0.05, 0) is 30.7 Å². The summed E-state index contributed by atoms with van der Waals surface area (Å²) in [6.45, 7) is 2.34. The van der Waals surface area contributed by atoms with E-state index < -0.39 is 21.5 Å². The maximum atomic E-state index is 12.0. The number of sulfone groups is 1. The van der Waals surface area contributed by atoms with Crippen LogP contribution in [0, 0.1) is 6.92 Å². The number of rotatable bonds is 6. The Morgan fingerprint density at radius 1 is 1.42 bits per heavy atom. The fourth-order valence-corrected chi connectivity index (χ4v) is 2.69. The highest BCUT2D eigenvalue weighted by Gasteiger charge is 2.19. The normalized spacial score (nSPS) is 11.3. The highest BCUT2D eigenvalue weighted by Crippen LogP contribution is 2.17. The number of anilines is 1. The Kier molecular flexibility index (Phi) is 5.31. The lowest BCUT2D eigenvalue weighted by Gasteiger charge is -2.07. The van der Waals surface area contributed by atoms with Crippen LogP contribution in [-0.2, 0) is 19.4 Å². The fraction of sp³-hybridized carbons (Fsp3) is 0.417. The maximum Gasteiger partial charge on any atom is 0.235 e. The van der Waals surface area contributed by atoms with Gasteiger partial charge in [0.15, 0.2) is 9.84 Å². The third-order valence-corrected chi connectivity index (χ3v) is 4.16. The van der Waals surface area contributed by atoms with E-state index in [9.17, 15) is 13.2 Å². The first-order chi connectivity index (χ1) is 8.86. The molecule has 3 N–H and O–H groups in total. The van der Waals surface area contributed by atoms with E-state index in [1.165, 1.54) is 25.3 Å². The van der Waals surface area contributed by atoms with Crippen molar-refractivity contribution in [3.8, 4) is 0 Å². The molecule has 7 heteroatoms. The Bertz CT molecular complexity index is 555. The van der Waals surface area contributed by atoms with E-state index in [2.05, 4.69) is 5.32 Å². The molecule has 1 rings (SSSR count). The van der Waals surface area contributed by atoms with Crippen LogP contribution in [0.5, 0.6) is 0 Å². The molecule has 0 unspecified atom stereocenters. The van der Waals surface area contributed by atoms with E-state index in [0.717, 1.165) is 0 Å². The van der Waals surface area contributed by atoms with E-state index in [1.807, 2.05) is 0 Å². The summed E-state index contributed by atoms with van der Waals surface area (Å²) in [6.07, 6.45) is 0. The number of ether oxygens (including phenoxy) is 1. The Morgan fingerprint density at radius 2 is 2.11 bits per heavy atom. The van der Waals surface area contributed by atoms with Gasteiger partial charge in [-0.25, -0.2) is 8.42 Å². The van der Waals surface area contributed by atoms with Crippen LogP contribution in [0.3, 0.4) is 0 Å². The van der Waals surface area contributed by atoms with Gasteiger partial charge < -0.3 is 15.8 Å². The van der Waals surface area contributed by atoms with Crippen LogP contribution in [0.1, 0.15) is 5.56 Å². The molecule has 1 aromatic carbocycles. The van der Waals surface area contributed by atoms with Gasteiger partial charge in [0.05, 0.1) is 11.5 Å². The quantitative estimate of drug-likeness (QED) is 0.571. The molecule has 0 saturated heterocycles. The van der Waals surface area contributed by atoms with E-state index in [0.29, 0.717) is 17.9 Å². The number of nitrogens with two attached hydrogens (primary N) is 1. The highest BCUT2D eigenvalue weighted by molar-refractivity contribution is 7.92. The van der Waals surface area contributed by atoms with Crippen LogP contribution in [0.2, 0.25) is 0 Å². The molecule has 0 radical (unpaired) electrons. The topological polar surface area (TPSA) is 98.5 Å². The molecular weight excluding hydrogens is 268 g/mol. The summed E-state index contributed by atoms with van der Waals surface area (Å²) in [7, 11) is -2.14. The molecule has 0 heterocycles. The molecule has 0 atom stereocenters. The highest BCUT2D eigenvalue weighted by atomic mass is 32.2. The van der Waals surface area contributed by atoms with Crippen molar-refractivity contribution in [2.75, 3.05) is 31.7 Å². The zero-order valence-corrected chi connectivity index (χ0v) is 11.8. The molecule has 0 aliphatic rings. The zero-order valence-electron chi connectivity index (χ0n) is 11.0. The Labute approximate surface area is 112 Å². The number of amides is 1. The molecule has 106 valence electrons. The fourth-order valence-electron chi connectivity index (χ4n) is 1.44. The number of hydrogen-bond acceptors (Lipinski definition) is 5. The summed E-state index contributed by atoms with van der Waals surface area (Å²) in [5.41, 5.74) is 6.81. The monoisotopic (exact) mass is 286 g/mol. The maximum absolute atomic E-state index is 12.0. The number of nitrogen functional groups attached to an aromatic ring is 1. The molecule has 0 aliphatic heterocycles. The van der Waals surface area contributed by atoms with E-state index >= 15 is 0 Å². The number of aryl methyl sites for hydroxylation is 1. The van der Waals surface area contributed by atoms with Gasteiger partial charge in [0.25, 0.3) is 0 Å². The molecule has 0 aliphatic carbocycles. The minimum absolute atomic E-state index is 0.0982. The summed E-state index contributed by atoms with van der Waals surface area (Å²) in [5, 5.41) is 2.47. The standard InChI is InChI=1S/C12H18N2O4S/c1-9-7-10(3-4-11(9)13)19(16,17)8-12(15)14-5-6-18-2/h3-4,7H,5-6,8,13H2,1-2H3,(H,14,15). The summed E-state index contributed by atoms with van der Waals surface area (Å²) in [6, 6.07) is 4.39. The van der Waals surface area contributed by atoms with Crippen LogP contribution in [0.4, 0.5) is 5.69 Å². The van der Waals surface area contributed by atoms with Gasteiger partial charge in [-0.3, -0.25) is 4.79 Å². The van der Waals surface area contributed by atoms with Crippen LogP contribution in [-0.4, -0.2) is 40.3 Å². The number of hydrogen-bond donors (Lipinski definition) is 2.